The van der Waals surface area contributed by atoms with Gasteiger partial charge in [-0.1, -0.05) is 27.3 Å². The lowest BCUT2D eigenvalue weighted by Crippen LogP contribution is -2.18. The van der Waals surface area contributed by atoms with Crippen molar-refractivity contribution in [1.82, 2.24) is 15.5 Å². The highest BCUT2D eigenvalue weighted by molar-refractivity contribution is 9.10. The summed E-state index contributed by atoms with van der Waals surface area (Å²) in [6, 6.07) is 4.78. The zero-order chi connectivity index (χ0) is 13.7. The molecule has 0 aliphatic rings. The van der Waals surface area contributed by atoms with Crippen LogP contribution in [0.4, 0.5) is 4.39 Å². The first-order valence-corrected chi connectivity index (χ1v) is 7.29. The van der Waals surface area contributed by atoms with E-state index in [-0.39, 0.29) is 5.82 Å². The molecule has 1 aromatic heterocycles. The predicted molar refractivity (Wildman–Crippen MR) is 76.6 cm³/mol. The normalized spacial score (nSPS) is 10.9. The summed E-state index contributed by atoms with van der Waals surface area (Å²) in [7, 11) is 1.65. The molecule has 0 fully saturated rings. The Kier molecular flexibility index (Phi) is 5.38. The van der Waals surface area contributed by atoms with Crippen LogP contribution in [0.5, 0.6) is 0 Å². The monoisotopic (exact) mass is 345 g/mol. The molecule has 0 bridgehead atoms. The fraction of sp³-hybridized carbons (Fsp3) is 0.333. The van der Waals surface area contributed by atoms with Crippen molar-refractivity contribution in [2.24, 2.45) is 0 Å². The molecular formula is C12H13BrFN3OS. The fourth-order valence-corrected chi connectivity index (χ4v) is 2.65. The minimum Gasteiger partial charge on any atom is -0.383 e. The second-order valence-electron chi connectivity index (χ2n) is 3.79. The Labute approximate surface area is 123 Å². The number of methoxy groups -OCH3 is 1. The Balaban J connectivity index is 2.06. The predicted octanol–water partition coefficient (Wildman–Crippen LogP) is 2.84. The van der Waals surface area contributed by atoms with Gasteiger partial charge in [0.15, 0.2) is 5.01 Å². The van der Waals surface area contributed by atoms with Crippen LogP contribution in [0.15, 0.2) is 22.7 Å². The molecule has 0 amide bonds. The van der Waals surface area contributed by atoms with Crippen molar-refractivity contribution >= 4 is 27.3 Å². The second kappa shape index (κ2) is 7.04. The van der Waals surface area contributed by atoms with Gasteiger partial charge in [-0.3, -0.25) is 0 Å². The van der Waals surface area contributed by atoms with Crippen molar-refractivity contribution in [1.29, 1.82) is 0 Å². The van der Waals surface area contributed by atoms with E-state index in [2.05, 4.69) is 31.4 Å². The number of ether oxygens (including phenoxy) is 1. The van der Waals surface area contributed by atoms with E-state index >= 15 is 0 Å². The molecule has 0 aliphatic heterocycles. The average Bonchev–Trinajstić information content (AvgIpc) is 2.86. The Hall–Kier alpha value is -0.890. The lowest BCUT2D eigenvalue weighted by molar-refractivity contribution is 0.199. The standard InChI is InChI=1S/C12H13BrFN3OS/c1-18-5-4-15-7-11-16-17-12(19-11)9-6-8(13)2-3-10(9)14/h2-3,6,15H,4-5,7H2,1H3. The molecule has 0 aliphatic carbocycles. The highest BCUT2D eigenvalue weighted by Gasteiger charge is 2.11. The Morgan fingerprint density at radius 3 is 3.05 bits per heavy atom. The molecule has 0 radical (unpaired) electrons. The summed E-state index contributed by atoms with van der Waals surface area (Å²) in [6.45, 7) is 2.00. The van der Waals surface area contributed by atoms with Crippen molar-refractivity contribution in [2.75, 3.05) is 20.3 Å². The first kappa shape index (κ1) is 14.5. The lowest BCUT2D eigenvalue weighted by atomic mass is 10.2. The van der Waals surface area contributed by atoms with E-state index in [0.717, 1.165) is 16.0 Å². The van der Waals surface area contributed by atoms with E-state index in [4.69, 9.17) is 4.74 Å². The topological polar surface area (TPSA) is 47.0 Å². The van der Waals surface area contributed by atoms with E-state index in [0.29, 0.717) is 23.7 Å². The molecule has 1 N–H and O–H groups in total. The quantitative estimate of drug-likeness (QED) is 0.817. The molecule has 7 heteroatoms. The largest absolute Gasteiger partial charge is 0.383 e. The van der Waals surface area contributed by atoms with Gasteiger partial charge >= 0.3 is 0 Å². The van der Waals surface area contributed by atoms with Gasteiger partial charge in [0.25, 0.3) is 0 Å². The van der Waals surface area contributed by atoms with Gasteiger partial charge in [-0.2, -0.15) is 0 Å². The number of nitrogens with one attached hydrogen (secondary N) is 1. The molecule has 0 atom stereocenters. The summed E-state index contributed by atoms with van der Waals surface area (Å²) in [6.07, 6.45) is 0. The van der Waals surface area contributed by atoms with Gasteiger partial charge in [-0.05, 0) is 18.2 Å². The molecule has 2 rings (SSSR count). The van der Waals surface area contributed by atoms with E-state index in [1.165, 1.54) is 17.4 Å². The zero-order valence-electron chi connectivity index (χ0n) is 10.3. The molecule has 4 nitrogen and oxygen atoms in total. The van der Waals surface area contributed by atoms with Crippen LogP contribution in [0.3, 0.4) is 0 Å². The summed E-state index contributed by atoms with van der Waals surface area (Å²) in [5.74, 6) is -0.293. The molecule has 0 unspecified atom stereocenters. The van der Waals surface area contributed by atoms with Gasteiger partial charge < -0.3 is 10.1 Å². The number of hydrogen-bond donors (Lipinski definition) is 1. The van der Waals surface area contributed by atoms with Crippen LogP contribution in [-0.4, -0.2) is 30.5 Å². The van der Waals surface area contributed by atoms with Crippen LogP contribution in [0.2, 0.25) is 0 Å². The number of aromatic nitrogens is 2. The van der Waals surface area contributed by atoms with Gasteiger partial charge in [-0.15, -0.1) is 10.2 Å². The number of halogens is 2. The maximum Gasteiger partial charge on any atom is 0.150 e. The molecule has 102 valence electrons. The molecule has 2 aromatic rings. The van der Waals surface area contributed by atoms with Crippen molar-refractivity contribution in [3.63, 3.8) is 0 Å². The van der Waals surface area contributed by atoms with E-state index in [9.17, 15) is 4.39 Å². The minimum atomic E-state index is -0.293. The maximum atomic E-state index is 13.7. The molecule has 1 aromatic carbocycles. The lowest BCUT2D eigenvalue weighted by Gasteiger charge is -2.00. The Morgan fingerprint density at radius 2 is 2.26 bits per heavy atom. The molecule has 19 heavy (non-hydrogen) atoms. The van der Waals surface area contributed by atoms with Crippen LogP contribution < -0.4 is 5.32 Å². The molecule has 0 saturated carbocycles. The highest BCUT2D eigenvalue weighted by atomic mass is 79.9. The van der Waals surface area contributed by atoms with E-state index < -0.39 is 0 Å². The Morgan fingerprint density at radius 1 is 1.42 bits per heavy atom. The fourth-order valence-electron chi connectivity index (χ4n) is 1.46. The van der Waals surface area contributed by atoms with E-state index in [1.807, 2.05) is 0 Å². The van der Waals surface area contributed by atoms with Crippen LogP contribution >= 0.6 is 27.3 Å². The van der Waals surface area contributed by atoms with Crippen LogP contribution in [0.25, 0.3) is 10.6 Å². The highest BCUT2D eigenvalue weighted by Crippen LogP contribution is 2.28. The first-order chi connectivity index (χ1) is 9.20. The third-order valence-electron chi connectivity index (χ3n) is 2.38. The van der Waals surface area contributed by atoms with Gasteiger partial charge in [0, 0.05) is 30.2 Å². The molecule has 0 spiro atoms. The van der Waals surface area contributed by atoms with Crippen molar-refractivity contribution in [3.05, 3.63) is 33.5 Å². The van der Waals surface area contributed by atoms with Gasteiger partial charge in [0.05, 0.1) is 6.61 Å². The summed E-state index contributed by atoms with van der Waals surface area (Å²) >= 11 is 4.70. The number of hydrogen-bond acceptors (Lipinski definition) is 5. The first-order valence-electron chi connectivity index (χ1n) is 5.68. The Bertz CT molecular complexity index is 550. The van der Waals surface area contributed by atoms with Crippen molar-refractivity contribution in [3.8, 4) is 10.6 Å². The van der Waals surface area contributed by atoms with Gasteiger partial charge in [0.1, 0.15) is 10.8 Å². The number of nitrogens with zero attached hydrogens (tertiary/aromatic N) is 2. The summed E-state index contributed by atoms with van der Waals surface area (Å²) in [5.41, 5.74) is 0.468. The maximum absolute atomic E-state index is 13.7. The second-order valence-corrected chi connectivity index (χ2v) is 5.77. The van der Waals surface area contributed by atoms with Crippen LogP contribution in [0, 0.1) is 5.82 Å². The van der Waals surface area contributed by atoms with Gasteiger partial charge in [-0.25, -0.2) is 4.39 Å². The van der Waals surface area contributed by atoms with Crippen molar-refractivity contribution < 1.29 is 9.13 Å². The van der Waals surface area contributed by atoms with Crippen LogP contribution in [0.1, 0.15) is 5.01 Å². The average molecular weight is 346 g/mol. The molecule has 0 saturated heterocycles. The number of benzene rings is 1. The number of rotatable bonds is 6. The summed E-state index contributed by atoms with van der Waals surface area (Å²) in [5, 5.41) is 12.7. The third kappa shape index (κ3) is 4.04. The summed E-state index contributed by atoms with van der Waals surface area (Å²) in [4.78, 5) is 0. The van der Waals surface area contributed by atoms with Crippen molar-refractivity contribution in [2.45, 2.75) is 6.54 Å². The SMILES string of the molecule is COCCNCc1nnc(-c2cc(Br)ccc2F)s1. The third-order valence-corrected chi connectivity index (χ3v) is 3.83. The minimum absolute atomic E-state index is 0.293. The molecular weight excluding hydrogens is 333 g/mol. The van der Waals surface area contributed by atoms with Gasteiger partial charge in [0.2, 0.25) is 0 Å². The van der Waals surface area contributed by atoms with E-state index in [1.54, 1.807) is 19.2 Å². The zero-order valence-corrected chi connectivity index (χ0v) is 12.7. The molecule has 1 heterocycles. The smallest absolute Gasteiger partial charge is 0.150 e. The van der Waals surface area contributed by atoms with Crippen LogP contribution in [-0.2, 0) is 11.3 Å². The summed E-state index contributed by atoms with van der Waals surface area (Å²) < 4.78 is 19.5.